The molecule has 3 rings (SSSR count). The number of carbonyl (C=O) groups excluding carboxylic acids is 1. The van der Waals surface area contributed by atoms with Gasteiger partial charge in [-0.1, -0.05) is 25.4 Å². The van der Waals surface area contributed by atoms with Gasteiger partial charge < -0.3 is 9.64 Å². The molecule has 1 aliphatic carbocycles. The molecule has 1 aromatic rings. The van der Waals surface area contributed by atoms with Crippen molar-refractivity contribution in [2.75, 3.05) is 12.0 Å². The summed E-state index contributed by atoms with van der Waals surface area (Å²) >= 11 is 6.36. The van der Waals surface area contributed by atoms with Gasteiger partial charge in [0.1, 0.15) is 11.6 Å². The molecule has 0 N–H and O–H groups in total. The molecule has 2 bridgehead atoms. The van der Waals surface area contributed by atoms with E-state index < -0.39 is 11.5 Å². The topological polar surface area (TPSA) is 64.4 Å². The minimum absolute atomic E-state index is 0.131. The molecular formula is C17H24ClN3O3. The highest BCUT2D eigenvalue weighted by molar-refractivity contribution is 6.33. The van der Waals surface area contributed by atoms with Gasteiger partial charge in [0.2, 0.25) is 0 Å². The molecule has 0 amide bonds. The van der Waals surface area contributed by atoms with Gasteiger partial charge in [-0.05, 0) is 37.5 Å². The molecule has 1 saturated heterocycles. The van der Waals surface area contributed by atoms with Crippen LogP contribution in [0.2, 0.25) is 5.02 Å². The number of methoxy groups -OCH3 is 1. The summed E-state index contributed by atoms with van der Waals surface area (Å²) in [5.74, 6) is 0.0767. The summed E-state index contributed by atoms with van der Waals surface area (Å²) in [4.78, 5) is 26.1. The van der Waals surface area contributed by atoms with Crippen molar-refractivity contribution < 1.29 is 9.53 Å². The maximum atomic E-state index is 12.5. The summed E-state index contributed by atoms with van der Waals surface area (Å²) in [6.45, 7) is 6.57. The normalized spacial score (nSPS) is 28.0. The van der Waals surface area contributed by atoms with Crippen molar-refractivity contribution in [2.45, 2.75) is 58.7 Å². The predicted octanol–water partition coefficient (Wildman–Crippen LogP) is 2.47. The Hall–Kier alpha value is -1.56. The maximum absolute atomic E-state index is 12.5. The van der Waals surface area contributed by atoms with Crippen molar-refractivity contribution >= 4 is 23.3 Å². The summed E-state index contributed by atoms with van der Waals surface area (Å²) in [6.07, 6.45) is 5.00. The first kappa shape index (κ1) is 17.3. The first-order valence-electron chi connectivity index (χ1n) is 8.34. The third-order valence-electron chi connectivity index (χ3n) is 5.44. The predicted molar refractivity (Wildman–Crippen MR) is 92.4 cm³/mol. The Kier molecular flexibility index (Phi) is 4.36. The lowest BCUT2D eigenvalue weighted by molar-refractivity contribution is -0.141. The van der Waals surface area contributed by atoms with Gasteiger partial charge >= 0.3 is 5.97 Å². The summed E-state index contributed by atoms with van der Waals surface area (Å²) in [5, 5.41) is 4.26. The number of hydrogen-bond acceptors (Lipinski definition) is 5. The van der Waals surface area contributed by atoms with Crippen LogP contribution in [-0.2, 0) is 16.1 Å². The van der Waals surface area contributed by atoms with E-state index in [0.29, 0.717) is 29.1 Å². The standard InChI is InChI=1S/C17H24ClN3O3/c1-10-11-5-12(7-17(2,3)6-11)21(10)13-8-19-20(9-14(22)24-4)16(23)15(13)18/h8,10-12H,5-7,9H2,1-4H3/t10-,11-,12+/m1/s1. The van der Waals surface area contributed by atoms with E-state index in [-0.39, 0.29) is 11.6 Å². The van der Waals surface area contributed by atoms with Crippen molar-refractivity contribution in [3.05, 3.63) is 21.6 Å². The second kappa shape index (κ2) is 6.06. The Morgan fingerprint density at radius 3 is 2.83 bits per heavy atom. The van der Waals surface area contributed by atoms with Crippen LogP contribution in [0.25, 0.3) is 0 Å². The Morgan fingerprint density at radius 2 is 2.17 bits per heavy atom. The molecule has 2 fully saturated rings. The molecular weight excluding hydrogens is 330 g/mol. The van der Waals surface area contributed by atoms with Crippen LogP contribution >= 0.6 is 11.6 Å². The van der Waals surface area contributed by atoms with Gasteiger partial charge in [-0.15, -0.1) is 0 Å². The fraction of sp³-hybridized carbons (Fsp3) is 0.706. The number of carbonyl (C=O) groups is 1. The molecule has 6 nitrogen and oxygen atoms in total. The molecule has 132 valence electrons. The second-order valence-electron chi connectivity index (χ2n) is 7.75. The number of fused-ring (bicyclic) bond motifs is 2. The van der Waals surface area contributed by atoms with E-state index in [1.54, 1.807) is 6.20 Å². The van der Waals surface area contributed by atoms with Gasteiger partial charge in [-0.25, -0.2) is 4.68 Å². The zero-order valence-electron chi connectivity index (χ0n) is 14.6. The number of esters is 1. The van der Waals surface area contributed by atoms with Gasteiger partial charge in [-0.3, -0.25) is 9.59 Å². The average Bonchev–Trinajstić information content (AvgIpc) is 2.74. The smallest absolute Gasteiger partial charge is 0.327 e. The van der Waals surface area contributed by atoms with E-state index in [1.807, 2.05) is 0 Å². The average molecular weight is 354 g/mol. The molecule has 0 spiro atoms. The van der Waals surface area contributed by atoms with Gasteiger partial charge in [0.25, 0.3) is 5.56 Å². The van der Waals surface area contributed by atoms with Crippen molar-refractivity contribution in [3.8, 4) is 0 Å². The van der Waals surface area contributed by atoms with Gasteiger partial charge in [0.15, 0.2) is 0 Å². The highest BCUT2D eigenvalue weighted by Gasteiger charge is 2.47. The summed E-state index contributed by atoms with van der Waals surface area (Å²) in [6, 6.07) is 0.704. The summed E-state index contributed by atoms with van der Waals surface area (Å²) in [7, 11) is 1.28. The number of aromatic nitrogens is 2. The first-order chi connectivity index (χ1) is 11.2. The first-order valence-corrected chi connectivity index (χ1v) is 8.72. The Bertz CT molecular complexity index is 716. The van der Waals surface area contributed by atoms with Crippen LogP contribution in [0, 0.1) is 11.3 Å². The number of nitrogens with zero attached hydrogens (tertiary/aromatic N) is 3. The lowest BCUT2D eigenvalue weighted by Gasteiger charge is -2.35. The third kappa shape index (κ3) is 2.92. The van der Waals surface area contributed by atoms with Crippen molar-refractivity contribution in [2.24, 2.45) is 11.3 Å². The van der Waals surface area contributed by atoms with E-state index >= 15 is 0 Å². The number of rotatable bonds is 3. The monoisotopic (exact) mass is 353 g/mol. The highest BCUT2D eigenvalue weighted by atomic mass is 35.5. The molecule has 1 saturated carbocycles. The quantitative estimate of drug-likeness (QED) is 0.781. The van der Waals surface area contributed by atoms with E-state index in [1.165, 1.54) is 13.5 Å². The molecule has 2 aliphatic rings. The fourth-order valence-electron chi connectivity index (χ4n) is 4.44. The molecule has 1 aromatic heterocycles. The van der Waals surface area contributed by atoms with Crippen molar-refractivity contribution in [1.29, 1.82) is 0 Å². The lowest BCUT2D eigenvalue weighted by atomic mass is 9.71. The summed E-state index contributed by atoms with van der Waals surface area (Å²) < 4.78 is 5.63. The van der Waals surface area contributed by atoms with Crippen LogP contribution in [0.1, 0.15) is 40.0 Å². The third-order valence-corrected chi connectivity index (χ3v) is 5.80. The van der Waals surface area contributed by atoms with Gasteiger partial charge in [0, 0.05) is 12.1 Å². The Labute approximate surface area is 146 Å². The van der Waals surface area contributed by atoms with Crippen LogP contribution in [0.4, 0.5) is 5.69 Å². The molecule has 1 aliphatic heterocycles. The highest BCUT2D eigenvalue weighted by Crippen LogP contribution is 2.50. The van der Waals surface area contributed by atoms with Crippen LogP contribution in [0.5, 0.6) is 0 Å². The largest absolute Gasteiger partial charge is 0.468 e. The van der Waals surface area contributed by atoms with E-state index in [4.69, 9.17) is 11.6 Å². The van der Waals surface area contributed by atoms with E-state index in [9.17, 15) is 9.59 Å². The van der Waals surface area contributed by atoms with Crippen molar-refractivity contribution in [1.82, 2.24) is 9.78 Å². The van der Waals surface area contributed by atoms with Crippen LogP contribution in [-0.4, -0.2) is 34.9 Å². The molecule has 2 heterocycles. The Morgan fingerprint density at radius 1 is 1.46 bits per heavy atom. The molecule has 0 unspecified atom stereocenters. The molecule has 0 radical (unpaired) electrons. The molecule has 7 heteroatoms. The van der Waals surface area contributed by atoms with Gasteiger partial charge in [-0.2, -0.15) is 5.10 Å². The molecule has 3 atom stereocenters. The van der Waals surface area contributed by atoms with Crippen LogP contribution in [0.15, 0.2) is 11.0 Å². The van der Waals surface area contributed by atoms with Crippen molar-refractivity contribution in [3.63, 3.8) is 0 Å². The number of ether oxygens (including phenoxy) is 1. The summed E-state index contributed by atoms with van der Waals surface area (Å²) in [5.41, 5.74) is 0.532. The minimum Gasteiger partial charge on any atom is -0.468 e. The van der Waals surface area contributed by atoms with E-state index in [0.717, 1.165) is 17.5 Å². The minimum atomic E-state index is -0.527. The van der Waals surface area contributed by atoms with Gasteiger partial charge in [0.05, 0.1) is 19.0 Å². The van der Waals surface area contributed by atoms with Crippen LogP contribution in [0.3, 0.4) is 0 Å². The number of anilines is 1. The SMILES string of the molecule is COC(=O)Cn1ncc(N2[C@H]3C[C@H](CC(C)(C)C3)[C@H]2C)c(Cl)c1=O. The number of halogens is 1. The molecule has 24 heavy (non-hydrogen) atoms. The second-order valence-corrected chi connectivity index (χ2v) is 8.13. The molecule has 0 aromatic carbocycles. The fourth-order valence-corrected chi connectivity index (χ4v) is 4.68. The zero-order valence-corrected chi connectivity index (χ0v) is 15.3. The van der Waals surface area contributed by atoms with E-state index in [2.05, 4.69) is 35.5 Å². The zero-order chi connectivity index (χ0) is 17.6. The number of hydrogen-bond donors (Lipinski definition) is 0. The lowest BCUT2D eigenvalue weighted by Crippen LogP contribution is -2.38. The maximum Gasteiger partial charge on any atom is 0.327 e. The Balaban J connectivity index is 1.94. The van der Waals surface area contributed by atoms with Crippen LogP contribution < -0.4 is 10.5 Å².